The fraction of sp³-hybridized carbons (Fsp3) is 0.833. The van der Waals surface area contributed by atoms with Crippen LogP contribution in [-0.2, 0) is 14.3 Å². The highest BCUT2D eigenvalue weighted by Gasteiger charge is 2.32. The van der Waals surface area contributed by atoms with Gasteiger partial charge in [-0.25, -0.2) is 4.79 Å². The second-order valence-electron chi connectivity index (χ2n) is 4.96. The van der Waals surface area contributed by atoms with Crippen molar-refractivity contribution in [2.45, 2.75) is 26.8 Å². The average Bonchev–Trinajstić information content (AvgIpc) is 2.21. The molecule has 2 atom stereocenters. The first-order valence-corrected chi connectivity index (χ1v) is 6.06. The maximum absolute atomic E-state index is 12.0. The van der Waals surface area contributed by atoms with Crippen LogP contribution in [-0.4, -0.2) is 38.1 Å². The van der Waals surface area contributed by atoms with Crippen LogP contribution in [0.2, 0.25) is 0 Å². The van der Waals surface area contributed by atoms with E-state index in [-0.39, 0.29) is 36.1 Å². The number of ether oxygens (including phenoxy) is 1. The highest BCUT2D eigenvalue weighted by atomic mass is 35.5. The number of carbonyl (C=O) groups excluding carboxylic acids is 2. The number of nitrogens with one attached hydrogen (secondary N) is 2. The molecule has 1 aliphatic rings. The number of hydrogen-bond donors (Lipinski definition) is 2. The fourth-order valence-corrected chi connectivity index (χ4v) is 1.79. The first kappa shape index (κ1) is 17.2. The van der Waals surface area contributed by atoms with Crippen LogP contribution in [0.4, 0.5) is 0 Å². The molecular formula is C12H23ClN2O3. The minimum Gasteiger partial charge on any atom is -0.467 e. The highest BCUT2D eigenvalue weighted by Crippen LogP contribution is 2.16. The summed E-state index contributed by atoms with van der Waals surface area (Å²) in [5.41, 5.74) is 0. The molecule has 106 valence electrons. The monoisotopic (exact) mass is 278 g/mol. The normalized spacial score (nSPS) is 18.3. The summed E-state index contributed by atoms with van der Waals surface area (Å²) in [6.45, 7) is 7.42. The quantitative estimate of drug-likeness (QED) is 0.722. The summed E-state index contributed by atoms with van der Waals surface area (Å²) in [5, 5.41) is 5.91. The third-order valence-electron chi connectivity index (χ3n) is 3.35. The van der Waals surface area contributed by atoms with Crippen molar-refractivity contribution in [2.75, 3.05) is 20.2 Å². The molecule has 1 rings (SSSR count). The molecular weight excluding hydrogens is 256 g/mol. The Bertz CT molecular complexity index is 293. The lowest BCUT2D eigenvalue weighted by Crippen LogP contribution is -2.53. The van der Waals surface area contributed by atoms with Crippen molar-refractivity contribution in [1.82, 2.24) is 10.6 Å². The molecule has 0 aromatic heterocycles. The molecule has 0 radical (unpaired) electrons. The molecule has 1 aliphatic heterocycles. The number of halogens is 1. The van der Waals surface area contributed by atoms with Crippen LogP contribution in [0.1, 0.15) is 20.8 Å². The summed E-state index contributed by atoms with van der Waals surface area (Å²) in [4.78, 5) is 23.5. The highest BCUT2D eigenvalue weighted by molar-refractivity contribution is 5.86. The molecule has 5 nitrogen and oxygen atoms in total. The Balaban J connectivity index is 0.00000289. The van der Waals surface area contributed by atoms with Gasteiger partial charge in [-0.1, -0.05) is 20.8 Å². The summed E-state index contributed by atoms with van der Waals surface area (Å²) >= 11 is 0. The van der Waals surface area contributed by atoms with Crippen molar-refractivity contribution in [3.63, 3.8) is 0 Å². The second kappa shape index (κ2) is 7.59. The zero-order valence-corrected chi connectivity index (χ0v) is 12.2. The Labute approximate surface area is 114 Å². The standard InChI is InChI=1S/C12H22N2O3.ClH/c1-7(2)10(12(16)17-4)14-11(15)8(3)9-5-13-6-9;/h7-10,13H,5-6H2,1-4H3,(H,14,15);1H. The fourth-order valence-electron chi connectivity index (χ4n) is 1.79. The molecule has 0 aromatic carbocycles. The molecule has 0 aromatic rings. The SMILES string of the molecule is COC(=O)C(NC(=O)C(C)C1CNC1)C(C)C.Cl. The maximum atomic E-state index is 12.0. The van der Waals surface area contributed by atoms with Crippen LogP contribution in [0, 0.1) is 17.8 Å². The van der Waals surface area contributed by atoms with Gasteiger partial charge in [0.25, 0.3) is 0 Å². The molecule has 6 heteroatoms. The van der Waals surface area contributed by atoms with E-state index in [0.717, 1.165) is 13.1 Å². The number of rotatable bonds is 5. The van der Waals surface area contributed by atoms with Crippen LogP contribution in [0.3, 0.4) is 0 Å². The van der Waals surface area contributed by atoms with E-state index in [2.05, 4.69) is 15.4 Å². The molecule has 0 bridgehead atoms. The van der Waals surface area contributed by atoms with Gasteiger partial charge in [0.05, 0.1) is 7.11 Å². The lowest BCUT2D eigenvalue weighted by atomic mass is 9.88. The predicted octanol–water partition coefficient (Wildman–Crippen LogP) is 0.577. The van der Waals surface area contributed by atoms with Crippen LogP contribution in [0.15, 0.2) is 0 Å². The van der Waals surface area contributed by atoms with Crippen molar-refractivity contribution < 1.29 is 14.3 Å². The van der Waals surface area contributed by atoms with Crippen LogP contribution in [0.25, 0.3) is 0 Å². The summed E-state index contributed by atoms with van der Waals surface area (Å²) in [6, 6.07) is -0.553. The lowest BCUT2D eigenvalue weighted by Gasteiger charge is -2.32. The van der Waals surface area contributed by atoms with Crippen molar-refractivity contribution >= 4 is 24.3 Å². The van der Waals surface area contributed by atoms with Crippen molar-refractivity contribution in [3.05, 3.63) is 0 Å². The van der Waals surface area contributed by atoms with Gasteiger partial charge in [0.2, 0.25) is 5.91 Å². The minimum absolute atomic E-state index is 0. The van der Waals surface area contributed by atoms with Crippen LogP contribution < -0.4 is 10.6 Å². The van der Waals surface area contributed by atoms with E-state index in [0.29, 0.717) is 5.92 Å². The van der Waals surface area contributed by atoms with Crippen molar-refractivity contribution in [3.8, 4) is 0 Å². The summed E-state index contributed by atoms with van der Waals surface area (Å²) < 4.78 is 4.69. The smallest absolute Gasteiger partial charge is 0.328 e. The molecule has 18 heavy (non-hydrogen) atoms. The van der Waals surface area contributed by atoms with E-state index in [1.807, 2.05) is 20.8 Å². The van der Waals surface area contributed by atoms with E-state index in [1.165, 1.54) is 7.11 Å². The first-order chi connectivity index (χ1) is 7.97. The molecule has 2 N–H and O–H groups in total. The molecule has 0 spiro atoms. The van der Waals surface area contributed by atoms with Gasteiger partial charge in [0.1, 0.15) is 6.04 Å². The number of esters is 1. The number of carbonyl (C=O) groups is 2. The van der Waals surface area contributed by atoms with E-state index in [1.54, 1.807) is 0 Å². The Morgan fingerprint density at radius 1 is 1.28 bits per heavy atom. The van der Waals surface area contributed by atoms with E-state index in [9.17, 15) is 9.59 Å². The lowest BCUT2D eigenvalue weighted by molar-refractivity contribution is -0.147. The van der Waals surface area contributed by atoms with Gasteiger partial charge in [-0.3, -0.25) is 4.79 Å². The molecule has 1 fully saturated rings. The Hall–Kier alpha value is -0.810. The Kier molecular flexibility index (Phi) is 7.25. The third kappa shape index (κ3) is 4.14. The number of hydrogen-bond acceptors (Lipinski definition) is 4. The van der Waals surface area contributed by atoms with E-state index >= 15 is 0 Å². The van der Waals surface area contributed by atoms with Gasteiger partial charge < -0.3 is 15.4 Å². The zero-order chi connectivity index (χ0) is 13.0. The van der Waals surface area contributed by atoms with Crippen molar-refractivity contribution in [2.24, 2.45) is 17.8 Å². The second-order valence-corrected chi connectivity index (χ2v) is 4.96. The van der Waals surface area contributed by atoms with Gasteiger partial charge in [-0.15, -0.1) is 12.4 Å². The summed E-state index contributed by atoms with van der Waals surface area (Å²) in [6.07, 6.45) is 0. The molecule has 1 heterocycles. The van der Waals surface area contributed by atoms with Gasteiger partial charge in [0.15, 0.2) is 0 Å². The van der Waals surface area contributed by atoms with Crippen LogP contribution in [0.5, 0.6) is 0 Å². The molecule has 0 saturated carbocycles. The van der Waals surface area contributed by atoms with E-state index < -0.39 is 6.04 Å². The van der Waals surface area contributed by atoms with Gasteiger partial charge in [0, 0.05) is 5.92 Å². The van der Waals surface area contributed by atoms with Crippen molar-refractivity contribution in [1.29, 1.82) is 0 Å². The summed E-state index contributed by atoms with van der Waals surface area (Å²) in [7, 11) is 1.34. The molecule has 0 aliphatic carbocycles. The molecule has 1 saturated heterocycles. The largest absolute Gasteiger partial charge is 0.467 e. The Morgan fingerprint density at radius 3 is 2.17 bits per heavy atom. The number of methoxy groups -OCH3 is 1. The first-order valence-electron chi connectivity index (χ1n) is 6.06. The molecule has 2 unspecified atom stereocenters. The predicted molar refractivity (Wildman–Crippen MR) is 71.6 cm³/mol. The average molecular weight is 279 g/mol. The Morgan fingerprint density at radius 2 is 1.83 bits per heavy atom. The maximum Gasteiger partial charge on any atom is 0.328 e. The third-order valence-corrected chi connectivity index (χ3v) is 3.35. The van der Waals surface area contributed by atoms with Gasteiger partial charge in [-0.2, -0.15) is 0 Å². The summed E-state index contributed by atoms with van der Waals surface area (Å²) in [5.74, 6) is -0.117. The van der Waals surface area contributed by atoms with Gasteiger partial charge in [-0.05, 0) is 24.9 Å². The molecule has 1 amide bonds. The topological polar surface area (TPSA) is 67.4 Å². The van der Waals surface area contributed by atoms with Crippen LogP contribution >= 0.6 is 12.4 Å². The zero-order valence-electron chi connectivity index (χ0n) is 11.4. The van der Waals surface area contributed by atoms with Gasteiger partial charge >= 0.3 is 5.97 Å². The number of amides is 1. The minimum atomic E-state index is -0.553. The van der Waals surface area contributed by atoms with E-state index in [4.69, 9.17) is 0 Å².